The van der Waals surface area contributed by atoms with Crippen molar-refractivity contribution in [2.75, 3.05) is 6.61 Å². The molecule has 0 aliphatic carbocycles. The van der Waals surface area contributed by atoms with Crippen LogP contribution in [0.1, 0.15) is 29.8 Å². The summed E-state index contributed by atoms with van der Waals surface area (Å²) in [5.74, 6) is -0.280. The summed E-state index contributed by atoms with van der Waals surface area (Å²) in [6.07, 6.45) is 0.826. The highest BCUT2D eigenvalue weighted by Gasteiger charge is 2.06. The average Bonchev–Trinajstić information content (AvgIpc) is 2.30. The van der Waals surface area contributed by atoms with Crippen LogP contribution < -0.4 is 4.84 Å². The van der Waals surface area contributed by atoms with Crippen molar-refractivity contribution in [2.45, 2.75) is 26.3 Å². The van der Waals surface area contributed by atoms with E-state index in [0.717, 1.165) is 12.0 Å². The summed E-state index contributed by atoms with van der Waals surface area (Å²) >= 11 is 5.50. The first kappa shape index (κ1) is 13.0. The number of halogens is 1. The quantitative estimate of drug-likeness (QED) is 0.636. The number of carbonyl (C=O) groups excluding carboxylic acids is 1. The zero-order valence-corrected chi connectivity index (χ0v) is 10.3. The first-order chi connectivity index (χ1) is 7.67. The molecule has 1 rings (SSSR count). The number of rotatable bonds is 5. The van der Waals surface area contributed by atoms with Crippen molar-refractivity contribution in [3.63, 3.8) is 0 Å². The molecule has 4 heteroatoms. The minimum atomic E-state index is -0.280. The molecule has 0 aliphatic heterocycles. The lowest BCUT2D eigenvalue weighted by Gasteiger charge is -2.08. The van der Waals surface area contributed by atoms with Gasteiger partial charge >= 0.3 is 5.97 Å². The number of nitrogens with one attached hydrogen (secondary N) is 1. The zero-order chi connectivity index (χ0) is 12.0. The molecule has 1 aromatic rings. The summed E-state index contributed by atoms with van der Waals surface area (Å²) in [5, 5.41) is 0. The van der Waals surface area contributed by atoms with Crippen LogP contribution in [0.5, 0.6) is 0 Å². The van der Waals surface area contributed by atoms with E-state index in [9.17, 15) is 4.79 Å². The predicted octanol–water partition coefficient (Wildman–Crippen LogP) is 2.54. The van der Waals surface area contributed by atoms with Crippen molar-refractivity contribution in [1.29, 1.82) is 0 Å². The molecule has 0 saturated carbocycles. The fourth-order valence-electron chi connectivity index (χ4n) is 1.38. The van der Waals surface area contributed by atoms with E-state index in [0.29, 0.717) is 12.2 Å². The second-order valence-corrected chi connectivity index (χ2v) is 3.85. The number of benzene rings is 1. The van der Waals surface area contributed by atoms with E-state index < -0.39 is 0 Å². The minimum absolute atomic E-state index is 0.204. The van der Waals surface area contributed by atoms with Crippen LogP contribution in [-0.4, -0.2) is 18.6 Å². The Hall–Kier alpha value is -1.06. The Morgan fingerprint density at radius 1 is 1.44 bits per heavy atom. The van der Waals surface area contributed by atoms with Gasteiger partial charge < -0.3 is 4.74 Å². The van der Waals surface area contributed by atoms with E-state index in [2.05, 4.69) is 4.84 Å². The predicted molar refractivity (Wildman–Crippen MR) is 64.6 cm³/mol. The van der Waals surface area contributed by atoms with Gasteiger partial charge in [0, 0.05) is 6.04 Å². The lowest BCUT2D eigenvalue weighted by molar-refractivity contribution is 0.0526. The van der Waals surface area contributed by atoms with Gasteiger partial charge in [-0.25, -0.2) is 9.63 Å². The monoisotopic (exact) mass is 241 g/mol. The molecule has 1 unspecified atom stereocenters. The highest BCUT2D eigenvalue weighted by molar-refractivity contribution is 6.13. The fourth-order valence-corrected chi connectivity index (χ4v) is 1.46. The zero-order valence-electron chi connectivity index (χ0n) is 9.50. The van der Waals surface area contributed by atoms with Crippen LogP contribution in [0, 0.1) is 0 Å². The van der Waals surface area contributed by atoms with Crippen molar-refractivity contribution in [3.05, 3.63) is 35.4 Å². The Labute approximate surface area is 101 Å². The summed E-state index contributed by atoms with van der Waals surface area (Å²) in [7, 11) is 0. The molecule has 0 aliphatic rings. The van der Waals surface area contributed by atoms with Gasteiger partial charge in [0.25, 0.3) is 0 Å². The van der Waals surface area contributed by atoms with Gasteiger partial charge in [-0.3, -0.25) is 0 Å². The summed E-state index contributed by atoms with van der Waals surface area (Å²) < 4.78 is 4.90. The molecule has 0 aromatic heterocycles. The topological polar surface area (TPSA) is 38.3 Å². The van der Waals surface area contributed by atoms with Gasteiger partial charge in [0.15, 0.2) is 0 Å². The number of carbonyl (C=O) groups is 1. The average molecular weight is 242 g/mol. The molecule has 0 saturated heterocycles. The lowest BCUT2D eigenvalue weighted by Crippen LogP contribution is -2.18. The molecule has 1 aromatic carbocycles. The fraction of sp³-hybridized carbons (Fsp3) is 0.417. The van der Waals surface area contributed by atoms with Crippen molar-refractivity contribution < 1.29 is 9.53 Å². The molecule has 0 fully saturated rings. The van der Waals surface area contributed by atoms with Crippen LogP contribution in [0.2, 0.25) is 0 Å². The molecular formula is C12H16ClNO2. The van der Waals surface area contributed by atoms with Crippen molar-refractivity contribution in [1.82, 2.24) is 4.84 Å². The van der Waals surface area contributed by atoms with E-state index >= 15 is 0 Å². The van der Waals surface area contributed by atoms with Crippen molar-refractivity contribution >= 4 is 17.7 Å². The van der Waals surface area contributed by atoms with Gasteiger partial charge in [-0.05, 0) is 49.7 Å². The van der Waals surface area contributed by atoms with Gasteiger partial charge in [0.05, 0.1) is 12.2 Å². The first-order valence-electron chi connectivity index (χ1n) is 5.29. The number of hydrogen-bond donors (Lipinski definition) is 1. The highest BCUT2D eigenvalue weighted by Crippen LogP contribution is 2.08. The summed E-state index contributed by atoms with van der Waals surface area (Å²) in [5.41, 5.74) is 1.71. The maximum atomic E-state index is 11.4. The molecule has 0 radical (unpaired) electrons. The van der Waals surface area contributed by atoms with Crippen LogP contribution in [0.15, 0.2) is 24.3 Å². The largest absolute Gasteiger partial charge is 0.462 e. The Morgan fingerprint density at radius 3 is 2.56 bits per heavy atom. The SMILES string of the molecule is CCOC(=O)c1ccc(CC(C)NCl)cc1. The number of ether oxygens (including phenoxy) is 1. The molecule has 0 amide bonds. The summed E-state index contributed by atoms with van der Waals surface area (Å²) in [6, 6.07) is 7.58. The Balaban J connectivity index is 2.64. The Bertz CT molecular complexity index is 337. The lowest BCUT2D eigenvalue weighted by atomic mass is 10.1. The maximum Gasteiger partial charge on any atom is 0.338 e. The van der Waals surface area contributed by atoms with Gasteiger partial charge in [0.1, 0.15) is 0 Å². The van der Waals surface area contributed by atoms with E-state index in [1.807, 2.05) is 19.1 Å². The molecule has 88 valence electrons. The summed E-state index contributed by atoms with van der Waals surface area (Å²) in [6.45, 7) is 4.18. The van der Waals surface area contributed by atoms with Crippen LogP contribution >= 0.6 is 11.8 Å². The molecule has 3 nitrogen and oxygen atoms in total. The second kappa shape index (κ2) is 6.51. The molecule has 16 heavy (non-hydrogen) atoms. The summed E-state index contributed by atoms with van der Waals surface area (Å²) in [4.78, 5) is 14.0. The van der Waals surface area contributed by atoms with Crippen molar-refractivity contribution in [2.24, 2.45) is 0 Å². The number of hydrogen-bond acceptors (Lipinski definition) is 3. The van der Waals surface area contributed by atoms with Crippen molar-refractivity contribution in [3.8, 4) is 0 Å². The highest BCUT2D eigenvalue weighted by atomic mass is 35.5. The van der Waals surface area contributed by atoms with E-state index in [1.54, 1.807) is 19.1 Å². The molecule has 0 bridgehead atoms. The van der Waals surface area contributed by atoms with E-state index in [-0.39, 0.29) is 12.0 Å². The number of esters is 1. The van der Waals surface area contributed by atoms with E-state index in [4.69, 9.17) is 16.5 Å². The minimum Gasteiger partial charge on any atom is -0.462 e. The Kier molecular flexibility index (Phi) is 5.29. The smallest absolute Gasteiger partial charge is 0.338 e. The molecular weight excluding hydrogens is 226 g/mol. The van der Waals surface area contributed by atoms with Crippen LogP contribution in [0.4, 0.5) is 0 Å². The third-order valence-electron chi connectivity index (χ3n) is 2.19. The molecule has 1 N–H and O–H groups in total. The Morgan fingerprint density at radius 2 is 2.06 bits per heavy atom. The normalized spacial score (nSPS) is 12.2. The first-order valence-corrected chi connectivity index (χ1v) is 5.67. The molecule has 1 atom stereocenters. The van der Waals surface area contributed by atoms with Gasteiger partial charge in [-0.2, -0.15) is 0 Å². The molecule has 0 spiro atoms. The van der Waals surface area contributed by atoms with Crippen LogP contribution in [-0.2, 0) is 11.2 Å². The van der Waals surface area contributed by atoms with Crippen LogP contribution in [0.3, 0.4) is 0 Å². The van der Waals surface area contributed by atoms with Gasteiger partial charge in [0.2, 0.25) is 0 Å². The standard InChI is InChI=1S/C12H16ClNO2/c1-3-16-12(15)11-6-4-10(5-7-11)8-9(2)14-13/h4-7,9,14H,3,8H2,1-2H3. The molecule has 0 heterocycles. The second-order valence-electron chi connectivity index (χ2n) is 3.63. The maximum absolute atomic E-state index is 11.4. The van der Waals surface area contributed by atoms with Gasteiger partial charge in [-0.15, -0.1) is 0 Å². The third kappa shape index (κ3) is 3.83. The van der Waals surface area contributed by atoms with Gasteiger partial charge in [-0.1, -0.05) is 12.1 Å². The third-order valence-corrected chi connectivity index (χ3v) is 2.57. The van der Waals surface area contributed by atoms with Crippen LogP contribution in [0.25, 0.3) is 0 Å². The van der Waals surface area contributed by atoms with E-state index in [1.165, 1.54) is 0 Å².